The average Bonchev–Trinajstić information content (AvgIpc) is 2.89. The van der Waals surface area contributed by atoms with Crippen molar-refractivity contribution in [3.05, 3.63) is 12.0 Å². The van der Waals surface area contributed by atoms with Crippen molar-refractivity contribution in [1.29, 1.82) is 0 Å². The Morgan fingerprint density at radius 3 is 2.83 bits per heavy atom. The summed E-state index contributed by atoms with van der Waals surface area (Å²) in [5.41, 5.74) is 0. The number of likely N-dealkylation sites (tertiary alicyclic amines) is 1. The molecule has 1 aliphatic heterocycles. The number of nitrogens with zero attached hydrogens (tertiary/aromatic N) is 2. The topological polar surface area (TPSA) is 78.1 Å². The van der Waals surface area contributed by atoms with E-state index in [1.165, 1.54) is 19.0 Å². The fourth-order valence-electron chi connectivity index (χ4n) is 2.47. The van der Waals surface area contributed by atoms with Gasteiger partial charge < -0.3 is 4.98 Å². The van der Waals surface area contributed by atoms with Gasteiger partial charge in [0.1, 0.15) is 5.82 Å². The highest BCUT2D eigenvalue weighted by Crippen LogP contribution is 2.30. The second kappa shape index (κ2) is 4.32. The summed E-state index contributed by atoms with van der Waals surface area (Å²) < 4.78 is 26.9. The van der Waals surface area contributed by atoms with Crippen LogP contribution in [0.3, 0.4) is 0 Å². The molecule has 18 heavy (non-hydrogen) atoms. The molecule has 6 nitrogen and oxygen atoms in total. The number of H-pyrrole nitrogens is 1. The van der Waals surface area contributed by atoms with Crippen LogP contribution >= 0.6 is 0 Å². The molecule has 2 N–H and O–H groups in total. The van der Waals surface area contributed by atoms with Gasteiger partial charge in [-0.3, -0.25) is 4.90 Å². The van der Waals surface area contributed by atoms with Crippen molar-refractivity contribution in [3.63, 3.8) is 0 Å². The maximum atomic E-state index is 12.1. The molecule has 1 aliphatic carbocycles. The Balaban J connectivity index is 1.65. The summed E-state index contributed by atoms with van der Waals surface area (Å²) in [5, 5.41) is 0.157. The molecule has 100 valence electrons. The Hall–Kier alpha value is -0.920. The molecule has 0 radical (unpaired) electrons. The standard InChI is InChI=1S/C11H18N4O2S/c1-8-12-6-11(13-8)18(16,17)14-9-4-5-15(7-9)10-2-3-10/h6,9-10,14H,2-5,7H2,1H3,(H,12,13). The highest BCUT2D eigenvalue weighted by atomic mass is 32.2. The van der Waals surface area contributed by atoms with E-state index in [1.54, 1.807) is 6.92 Å². The van der Waals surface area contributed by atoms with Gasteiger partial charge in [-0.25, -0.2) is 18.1 Å². The summed E-state index contributed by atoms with van der Waals surface area (Å²) in [5.74, 6) is 0.612. The van der Waals surface area contributed by atoms with Gasteiger partial charge in [0.05, 0.1) is 6.20 Å². The van der Waals surface area contributed by atoms with E-state index >= 15 is 0 Å². The first kappa shape index (κ1) is 12.1. The Morgan fingerprint density at radius 2 is 2.22 bits per heavy atom. The van der Waals surface area contributed by atoms with E-state index in [0.717, 1.165) is 19.5 Å². The Bertz CT molecular complexity index is 535. The average molecular weight is 270 g/mol. The fourth-order valence-corrected chi connectivity index (χ4v) is 3.70. The lowest BCUT2D eigenvalue weighted by Crippen LogP contribution is -2.37. The molecule has 7 heteroatoms. The van der Waals surface area contributed by atoms with Crippen LogP contribution in [0.2, 0.25) is 0 Å². The van der Waals surface area contributed by atoms with E-state index in [0.29, 0.717) is 11.9 Å². The number of rotatable bonds is 4. The Morgan fingerprint density at radius 1 is 1.44 bits per heavy atom. The molecule has 2 fully saturated rings. The molecule has 3 rings (SSSR count). The summed E-state index contributed by atoms with van der Waals surface area (Å²) in [7, 11) is -3.45. The van der Waals surface area contributed by atoms with Crippen molar-refractivity contribution in [2.45, 2.75) is 43.3 Å². The van der Waals surface area contributed by atoms with Gasteiger partial charge in [0.15, 0.2) is 5.03 Å². The minimum Gasteiger partial charge on any atom is -0.332 e. The first-order valence-electron chi connectivity index (χ1n) is 6.32. The zero-order valence-corrected chi connectivity index (χ0v) is 11.2. The fraction of sp³-hybridized carbons (Fsp3) is 0.727. The van der Waals surface area contributed by atoms with E-state index in [-0.39, 0.29) is 11.1 Å². The largest absolute Gasteiger partial charge is 0.332 e. The van der Waals surface area contributed by atoms with Crippen LogP contribution in [0.5, 0.6) is 0 Å². The maximum Gasteiger partial charge on any atom is 0.257 e. The predicted octanol–water partition coefficient (Wildman–Crippen LogP) is 0.233. The first-order valence-corrected chi connectivity index (χ1v) is 7.81. The number of hydrogen-bond donors (Lipinski definition) is 2. The lowest BCUT2D eigenvalue weighted by atomic mass is 10.3. The monoisotopic (exact) mass is 270 g/mol. The second-order valence-corrected chi connectivity index (χ2v) is 6.85. The summed E-state index contributed by atoms with van der Waals surface area (Å²) in [6.45, 7) is 3.57. The van der Waals surface area contributed by atoms with E-state index in [9.17, 15) is 8.42 Å². The number of nitrogens with one attached hydrogen (secondary N) is 2. The maximum absolute atomic E-state index is 12.1. The van der Waals surface area contributed by atoms with Gasteiger partial charge in [0, 0.05) is 25.2 Å². The Kier molecular flexibility index (Phi) is 2.91. The summed E-state index contributed by atoms with van der Waals surface area (Å²) in [6, 6.07) is 0.730. The van der Waals surface area contributed by atoms with Gasteiger partial charge >= 0.3 is 0 Å². The van der Waals surface area contributed by atoms with Crippen molar-refractivity contribution < 1.29 is 8.42 Å². The number of hydrogen-bond acceptors (Lipinski definition) is 4. The zero-order chi connectivity index (χ0) is 12.8. The van der Waals surface area contributed by atoms with Crippen LogP contribution in [-0.2, 0) is 10.0 Å². The minimum atomic E-state index is -3.45. The van der Waals surface area contributed by atoms with Gasteiger partial charge in [-0.05, 0) is 26.2 Å². The van der Waals surface area contributed by atoms with Crippen molar-refractivity contribution in [2.24, 2.45) is 0 Å². The first-order chi connectivity index (χ1) is 8.54. The molecule has 0 bridgehead atoms. The summed E-state index contributed by atoms with van der Waals surface area (Å²) in [6.07, 6.45) is 4.78. The third kappa shape index (κ3) is 2.43. The molecule has 2 aliphatic rings. The van der Waals surface area contributed by atoms with Crippen molar-refractivity contribution in [2.75, 3.05) is 13.1 Å². The van der Waals surface area contributed by atoms with Gasteiger partial charge in [-0.15, -0.1) is 0 Å². The second-order valence-electron chi connectivity index (χ2n) is 5.17. The normalized spacial score (nSPS) is 25.7. The lowest BCUT2D eigenvalue weighted by Gasteiger charge is -2.15. The van der Waals surface area contributed by atoms with Gasteiger partial charge in [-0.1, -0.05) is 0 Å². The number of sulfonamides is 1. The van der Waals surface area contributed by atoms with Crippen LogP contribution in [0.4, 0.5) is 0 Å². The zero-order valence-electron chi connectivity index (χ0n) is 10.4. The molecule has 2 heterocycles. The molecule has 1 aromatic rings. The highest BCUT2D eigenvalue weighted by Gasteiger charge is 2.36. The Labute approximate surface area is 107 Å². The SMILES string of the molecule is Cc1ncc(S(=O)(=O)NC2CCN(C3CC3)C2)[nH]1. The summed E-state index contributed by atoms with van der Waals surface area (Å²) in [4.78, 5) is 9.07. The molecule has 0 aromatic carbocycles. The number of aryl methyl sites for hydroxylation is 1. The number of aromatic nitrogens is 2. The molecule has 1 aromatic heterocycles. The van der Waals surface area contributed by atoms with E-state index in [2.05, 4.69) is 19.6 Å². The molecule has 1 saturated carbocycles. The van der Waals surface area contributed by atoms with E-state index in [1.807, 2.05) is 0 Å². The van der Waals surface area contributed by atoms with Gasteiger partial charge in [0.25, 0.3) is 10.0 Å². The summed E-state index contributed by atoms with van der Waals surface area (Å²) >= 11 is 0. The predicted molar refractivity (Wildman–Crippen MR) is 66.6 cm³/mol. The molecule has 1 atom stereocenters. The van der Waals surface area contributed by atoms with Crippen molar-refractivity contribution in [3.8, 4) is 0 Å². The highest BCUT2D eigenvalue weighted by molar-refractivity contribution is 7.89. The van der Waals surface area contributed by atoms with Gasteiger partial charge in [-0.2, -0.15) is 0 Å². The quantitative estimate of drug-likeness (QED) is 0.821. The van der Waals surface area contributed by atoms with Crippen LogP contribution < -0.4 is 4.72 Å². The molecule has 0 spiro atoms. The number of imidazole rings is 1. The molecular formula is C11H18N4O2S. The molecule has 1 saturated heterocycles. The molecule has 1 unspecified atom stereocenters. The van der Waals surface area contributed by atoms with Crippen LogP contribution in [0.15, 0.2) is 11.2 Å². The van der Waals surface area contributed by atoms with Crippen molar-refractivity contribution in [1.82, 2.24) is 19.6 Å². The van der Waals surface area contributed by atoms with Crippen LogP contribution in [-0.4, -0.2) is 48.5 Å². The molecule has 0 amide bonds. The smallest absolute Gasteiger partial charge is 0.257 e. The van der Waals surface area contributed by atoms with Gasteiger partial charge in [0.2, 0.25) is 0 Å². The molecular weight excluding hydrogens is 252 g/mol. The van der Waals surface area contributed by atoms with E-state index < -0.39 is 10.0 Å². The number of aromatic amines is 1. The third-order valence-corrected chi connectivity index (χ3v) is 5.00. The van der Waals surface area contributed by atoms with E-state index in [4.69, 9.17) is 0 Å². The van der Waals surface area contributed by atoms with Crippen LogP contribution in [0.25, 0.3) is 0 Å². The van der Waals surface area contributed by atoms with Crippen LogP contribution in [0.1, 0.15) is 25.1 Å². The lowest BCUT2D eigenvalue weighted by molar-refractivity contribution is 0.322. The van der Waals surface area contributed by atoms with Crippen molar-refractivity contribution >= 4 is 10.0 Å². The minimum absolute atomic E-state index is 0.0270. The van der Waals surface area contributed by atoms with Crippen LogP contribution in [0, 0.1) is 6.92 Å². The third-order valence-electron chi connectivity index (χ3n) is 3.57.